The minimum atomic E-state index is -4.82. The van der Waals surface area contributed by atoms with E-state index in [0.29, 0.717) is 0 Å². The number of aliphatic carboxylic acids is 1. The van der Waals surface area contributed by atoms with Crippen LogP contribution in [0.15, 0.2) is 35.3 Å². The molecule has 0 aliphatic rings. The van der Waals surface area contributed by atoms with Crippen molar-refractivity contribution in [2.24, 2.45) is 4.99 Å². The van der Waals surface area contributed by atoms with Crippen molar-refractivity contribution in [2.45, 2.75) is 38.2 Å². The average molecular weight is 345 g/mol. The van der Waals surface area contributed by atoms with Crippen molar-refractivity contribution >= 4 is 63.1 Å². The maximum atomic E-state index is 13.5. The van der Waals surface area contributed by atoms with Crippen molar-refractivity contribution in [2.75, 3.05) is 0 Å². The molecule has 1 rings (SSSR count). The Hall–Kier alpha value is -0.284. The van der Waals surface area contributed by atoms with E-state index < -0.39 is 36.0 Å². The summed E-state index contributed by atoms with van der Waals surface area (Å²) >= 11 is 0. The molecule has 1 aromatic carbocycles. The van der Waals surface area contributed by atoms with Gasteiger partial charge in [-0.05, 0) is 13.8 Å². The van der Waals surface area contributed by atoms with E-state index in [1.807, 2.05) is 0 Å². The average Bonchev–Trinajstić information content (AvgIpc) is 2.32. The number of halogens is 4. The molecule has 1 aromatic rings. The van der Waals surface area contributed by atoms with Gasteiger partial charge in [0.15, 0.2) is 6.04 Å². The van der Waals surface area contributed by atoms with Gasteiger partial charge in [0.2, 0.25) is 0 Å². The standard InChI is InChI=1S/C14H15F4NO2.K.H/c1-13(2,15)8-10(12(20)21)19-11(14(16,17)18)9-6-4-3-5-7-9;;/h3-7,10H,8H2,1-2H3,(H,20,21);;/t10-;;/m0../s1. The van der Waals surface area contributed by atoms with Crippen molar-refractivity contribution in [3.8, 4) is 0 Å². The number of alkyl halides is 4. The predicted molar refractivity (Wildman–Crippen MR) is 77.4 cm³/mol. The SMILES string of the molecule is CC(C)(F)C[C@H](N=C(c1ccccc1)C(F)(F)F)C(=O)O.[KH]. The number of aliphatic imine (C=N–C) groups is 1. The van der Waals surface area contributed by atoms with Gasteiger partial charge in [-0.15, -0.1) is 0 Å². The van der Waals surface area contributed by atoms with E-state index in [1.165, 1.54) is 30.3 Å². The first-order chi connectivity index (χ1) is 9.50. The second-order valence-electron chi connectivity index (χ2n) is 5.12. The summed E-state index contributed by atoms with van der Waals surface area (Å²) in [5.41, 5.74) is -3.52. The second kappa shape index (κ2) is 8.54. The van der Waals surface area contributed by atoms with Gasteiger partial charge in [0.05, 0.1) is 0 Å². The van der Waals surface area contributed by atoms with Crippen LogP contribution in [0.25, 0.3) is 0 Å². The van der Waals surface area contributed by atoms with Gasteiger partial charge < -0.3 is 5.11 Å². The van der Waals surface area contributed by atoms with Gasteiger partial charge in [0.25, 0.3) is 0 Å². The summed E-state index contributed by atoms with van der Waals surface area (Å²) in [7, 11) is 0. The van der Waals surface area contributed by atoms with Crippen molar-refractivity contribution in [3.63, 3.8) is 0 Å². The number of hydrogen-bond donors (Lipinski definition) is 1. The predicted octanol–water partition coefficient (Wildman–Crippen LogP) is 2.98. The van der Waals surface area contributed by atoms with E-state index in [4.69, 9.17) is 5.11 Å². The van der Waals surface area contributed by atoms with Crippen molar-refractivity contribution in [3.05, 3.63) is 35.9 Å². The van der Waals surface area contributed by atoms with Crippen LogP contribution >= 0.6 is 0 Å². The number of carboxylic acids is 1. The summed E-state index contributed by atoms with van der Waals surface area (Å²) in [5.74, 6) is -1.60. The van der Waals surface area contributed by atoms with E-state index >= 15 is 0 Å². The zero-order chi connectivity index (χ0) is 16.3. The summed E-state index contributed by atoms with van der Waals surface area (Å²) in [6.07, 6.45) is -5.47. The molecule has 1 N–H and O–H groups in total. The van der Waals surface area contributed by atoms with Crippen LogP contribution in [0, 0.1) is 0 Å². The molecule has 0 aliphatic carbocycles. The molecule has 0 bridgehead atoms. The second-order valence-corrected chi connectivity index (χ2v) is 5.12. The molecule has 0 spiro atoms. The van der Waals surface area contributed by atoms with Gasteiger partial charge in [0, 0.05) is 12.0 Å². The number of rotatable bonds is 5. The van der Waals surface area contributed by atoms with E-state index in [-0.39, 0.29) is 56.9 Å². The summed E-state index contributed by atoms with van der Waals surface area (Å²) in [5, 5.41) is 8.96. The fraction of sp³-hybridized carbons (Fsp3) is 0.429. The van der Waals surface area contributed by atoms with Crippen LogP contribution in [0.5, 0.6) is 0 Å². The van der Waals surface area contributed by atoms with Crippen molar-refractivity contribution in [1.29, 1.82) is 0 Å². The maximum absolute atomic E-state index is 13.5. The van der Waals surface area contributed by atoms with Crippen LogP contribution in [0.1, 0.15) is 25.8 Å². The molecule has 0 saturated carbocycles. The van der Waals surface area contributed by atoms with E-state index in [0.717, 1.165) is 13.8 Å². The topological polar surface area (TPSA) is 49.7 Å². The number of benzene rings is 1. The zero-order valence-electron chi connectivity index (χ0n) is 11.5. The molecule has 1 atom stereocenters. The van der Waals surface area contributed by atoms with Crippen LogP contribution in [0.2, 0.25) is 0 Å². The molecule has 0 aromatic heterocycles. The molecule has 0 aliphatic heterocycles. The molecular formula is C14H16F4KNO2. The Bertz CT molecular complexity index is 524. The quantitative estimate of drug-likeness (QED) is 0.507. The van der Waals surface area contributed by atoms with Crippen LogP contribution in [-0.4, -0.2) is 86.1 Å². The molecule has 118 valence electrons. The number of hydrogen-bond acceptors (Lipinski definition) is 2. The molecular weight excluding hydrogens is 329 g/mol. The van der Waals surface area contributed by atoms with Gasteiger partial charge >= 0.3 is 63.5 Å². The Morgan fingerprint density at radius 2 is 1.68 bits per heavy atom. The summed E-state index contributed by atoms with van der Waals surface area (Å²) in [6.45, 7) is 2.18. The van der Waals surface area contributed by atoms with Gasteiger partial charge in [-0.3, -0.25) is 4.99 Å². The van der Waals surface area contributed by atoms with Crippen LogP contribution in [0.4, 0.5) is 17.6 Å². The fourth-order valence-corrected chi connectivity index (χ4v) is 1.71. The third-order valence-corrected chi connectivity index (χ3v) is 2.56. The van der Waals surface area contributed by atoms with E-state index in [9.17, 15) is 22.4 Å². The van der Waals surface area contributed by atoms with Crippen molar-refractivity contribution < 1.29 is 27.5 Å². The van der Waals surface area contributed by atoms with Crippen molar-refractivity contribution in [1.82, 2.24) is 0 Å². The normalized spacial score (nSPS) is 14.2. The first-order valence-electron chi connectivity index (χ1n) is 6.13. The fourth-order valence-electron chi connectivity index (χ4n) is 1.71. The van der Waals surface area contributed by atoms with Gasteiger partial charge in [0.1, 0.15) is 11.4 Å². The summed E-state index contributed by atoms with van der Waals surface area (Å²) in [4.78, 5) is 14.3. The van der Waals surface area contributed by atoms with Gasteiger partial charge in [-0.25, -0.2) is 9.18 Å². The first kappa shape index (κ1) is 21.7. The third-order valence-electron chi connectivity index (χ3n) is 2.56. The molecule has 0 heterocycles. The Labute approximate surface area is 168 Å². The molecule has 0 fully saturated rings. The molecule has 0 radical (unpaired) electrons. The van der Waals surface area contributed by atoms with Crippen LogP contribution in [-0.2, 0) is 4.79 Å². The minimum absolute atomic E-state index is 0. The number of nitrogens with zero attached hydrogens (tertiary/aromatic N) is 1. The molecule has 0 saturated heterocycles. The molecule has 22 heavy (non-hydrogen) atoms. The Kier molecular flexibility index (Phi) is 8.43. The molecule has 3 nitrogen and oxygen atoms in total. The molecule has 0 amide bonds. The summed E-state index contributed by atoms with van der Waals surface area (Å²) < 4.78 is 52.7. The van der Waals surface area contributed by atoms with Crippen LogP contribution in [0.3, 0.4) is 0 Å². The zero-order valence-corrected chi connectivity index (χ0v) is 11.5. The van der Waals surface area contributed by atoms with E-state index in [1.54, 1.807) is 0 Å². The van der Waals surface area contributed by atoms with Crippen LogP contribution < -0.4 is 0 Å². The van der Waals surface area contributed by atoms with Gasteiger partial charge in [-0.2, -0.15) is 13.2 Å². The Morgan fingerprint density at radius 3 is 2.05 bits per heavy atom. The number of carboxylic acid groups (broad SMARTS) is 1. The third kappa shape index (κ3) is 7.32. The molecule has 8 heteroatoms. The Morgan fingerprint density at radius 1 is 1.18 bits per heavy atom. The number of carbonyl (C=O) groups is 1. The Balaban J connectivity index is 0.00000441. The summed E-state index contributed by atoms with van der Waals surface area (Å²) in [6, 6.07) is 4.83. The van der Waals surface area contributed by atoms with E-state index in [2.05, 4.69) is 4.99 Å². The van der Waals surface area contributed by atoms with Gasteiger partial charge in [-0.1, -0.05) is 30.3 Å². The first-order valence-corrected chi connectivity index (χ1v) is 6.13. The molecule has 0 unspecified atom stereocenters. The monoisotopic (exact) mass is 345 g/mol.